The molecule has 0 saturated heterocycles. The predicted molar refractivity (Wildman–Crippen MR) is 315 cm³/mol. The summed E-state index contributed by atoms with van der Waals surface area (Å²) in [6, 6.07) is 32.5. The fourth-order valence-electron chi connectivity index (χ4n) is 10.3. The minimum Gasteiger partial charge on any atom is -0.508 e. The summed E-state index contributed by atoms with van der Waals surface area (Å²) in [5.41, 5.74) is 0.875. The number of phenolic OH excluding ortho intramolecular Hbond substituents is 9. The van der Waals surface area contributed by atoms with Crippen molar-refractivity contribution in [1.82, 2.24) is 0 Å². The lowest BCUT2D eigenvalue weighted by Gasteiger charge is -2.35. The van der Waals surface area contributed by atoms with E-state index in [-0.39, 0.29) is 127 Å². The van der Waals surface area contributed by atoms with Gasteiger partial charge in [-0.05, 0) is 84.4 Å². The molecule has 6 unspecified atom stereocenters. The third-order valence-electron chi connectivity index (χ3n) is 14.7. The average Bonchev–Trinajstić information content (AvgIpc) is 0.806. The van der Waals surface area contributed by atoms with Crippen LogP contribution in [-0.4, -0.2) is 118 Å². The molecule has 3 aliphatic rings. The van der Waals surface area contributed by atoms with Crippen molar-refractivity contribution in [3.05, 3.63) is 182 Å². The van der Waals surface area contributed by atoms with Crippen molar-refractivity contribution >= 4 is 27.7 Å². The number of rotatable bonds is 9. The minimum absolute atomic E-state index is 0.0188. The zero-order valence-corrected chi connectivity index (χ0v) is 46.9. The van der Waals surface area contributed by atoms with Crippen LogP contribution in [0, 0.1) is 0 Å². The van der Waals surface area contributed by atoms with Crippen LogP contribution in [0.25, 0.3) is 44.6 Å². The minimum atomic E-state index is -1.62. The van der Waals surface area contributed by atoms with Crippen LogP contribution < -0.4 is 44.0 Å². The van der Waals surface area contributed by atoms with Gasteiger partial charge in [-0.3, -0.25) is 14.4 Å². The molecule has 0 spiro atoms. The summed E-state index contributed by atoms with van der Waals surface area (Å²) in [4.78, 5) is 37.4. The first kappa shape index (κ1) is 60.0. The van der Waals surface area contributed by atoms with Crippen LogP contribution in [0.4, 0.5) is 0 Å². The van der Waals surface area contributed by atoms with E-state index in [0.29, 0.717) is 33.8 Å². The number of carbonyl (C=O) groups excluding carboxylic acids is 1. The zero-order chi connectivity index (χ0) is 64.0. The fourth-order valence-corrected chi connectivity index (χ4v) is 10.3. The number of benzene rings is 8. The molecule has 2 aromatic heterocycles. The van der Waals surface area contributed by atoms with E-state index >= 15 is 0 Å². The molecule has 0 bridgehead atoms. The van der Waals surface area contributed by atoms with E-state index < -0.39 is 70.5 Å². The second-order valence-corrected chi connectivity index (χ2v) is 20.5. The van der Waals surface area contributed by atoms with E-state index in [1.807, 2.05) is 0 Å². The molecule has 10 aromatic rings. The monoisotopic (exact) mass is 1230 g/mol. The lowest BCUT2D eigenvalue weighted by atomic mass is 9.92. The number of ether oxygens (including phenoxy) is 7. The molecule has 13 rings (SSSR count). The van der Waals surface area contributed by atoms with Gasteiger partial charge in [0.25, 0.3) is 0 Å². The largest absolute Gasteiger partial charge is 0.508 e. The van der Waals surface area contributed by atoms with Crippen molar-refractivity contribution in [1.29, 1.82) is 0 Å². The summed E-state index contributed by atoms with van der Waals surface area (Å²) in [5.74, 6) is -2.03. The number of carbonyl (C=O) groups is 1. The normalized spacial score (nSPS) is 17.8. The van der Waals surface area contributed by atoms with Crippen LogP contribution in [0.5, 0.6) is 97.7 Å². The topological polar surface area (TPSA) is 405 Å². The van der Waals surface area contributed by atoms with Crippen LogP contribution >= 0.6 is 0 Å². The van der Waals surface area contributed by atoms with Gasteiger partial charge in [-0.1, -0.05) is 18.2 Å². The van der Waals surface area contributed by atoms with E-state index in [9.17, 15) is 80.8 Å². The van der Waals surface area contributed by atoms with Gasteiger partial charge >= 0.3 is 0 Å². The molecule has 8 aromatic carbocycles. The number of aliphatic hydroxyl groups is 3. The van der Waals surface area contributed by atoms with Crippen molar-refractivity contribution in [2.24, 2.45) is 0 Å². The van der Waals surface area contributed by atoms with Gasteiger partial charge in [-0.25, -0.2) is 0 Å². The Balaban J connectivity index is 0.000000144. The second-order valence-electron chi connectivity index (χ2n) is 20.5. The molecule has 6 atom stereocenters. The van der Waals surface area contributed by atoms with Crippen LogP contribution in [0.2, 0.25) is 0 Å². The molecular weight excluding hydrogens is 1180 g/mol. The maximum absolute atomic E-state index is 12.7. The Kier molecular flexibility index (Phi) is 16.2. The van der Waals surface area contributed by atoms with Crippen LogP contribution in [-0.2, 0) is 0 Å². The smallest absolute Gasteiger partial charge is 0.238 e. The first-order valence-electron chi connectivity index (χ1n) is 27.0. The summed E-state index contributed by atoms with van der Waals surface area (Å²) in [6.45, 7) is -0.708. The first-order chi connectivity index (χ1) is 43.1. The maximum Gasteiger partial charge on any atom is 0.238 e. The molecule has 0 radical (unpaired) electrons. The standard InChI is InChI=1S/C25H22O10.C25H20O10.C15H10O5/c2*1-32-17-6-11(2-4-14(17)28)24-20(10-26)33-16-5-3-12(7-18(16)34-24)25-23(31)22(30)21-15(29)8-13(27)9-19(21)35-25;16-9-3-1-8(2-4-9)13-7-12(19)15-11(18)5-10(17)6-14(15)20-13/h2-9,20,23-29,31H,10H2,1H3;2-9,20,24,26-29,31H,10H2,1H3;1-7,16-18H. The van der Waals surface area contributed by atoms with E-state index in [4.69, 9.17) is 42.0 Å². The molecule has 3 aliphatic heterocycles. The van der Waals surface area contributed by atoms with Crippen molar-refractivity contribution in [2.45, 2.75) is 36.6 Å². The first-order valence-corrected chi connectivity index (χ1v) is 27.0. The number of methoxy groups -OCH3 is 2. The molecule has 0 saturated carbocycles. The summed E-state index contributed by atoms with van der Waals surface area (Å²) in [5, 5.41) is 128. The quantitative estimate of drug-likeness (QED) is 0.0648. The predicted octanol–water partition coefficient (Wildman–Crippen LogP) is 8.10. The van der Waals surface area contributed by atoms with Crippen LogP contribution in [0.1, 0.15) is 45.4 Å². The van der Waals surface area contributed by atoms with Crippen molar-refractivity contribution < 1.29 is 113 Å². The lowest BCUT2D eigenvalue weighted by molar-refractivity contribution is -0.0130. The molecule has 25 heteroatoms. The van der Waals surface area contributed by atoms with E-state index in [1.165, 1.54) is 74.9 Å². The average molecular weight is 1230 g/mol. The Hall–Kier alpha value is -11.7. The molecule has 0 aliphatic carbocycles. The molecular formula is C65H52O25. The number of Topliss-reactive ketones (excluding diaryl/α,β-unsaturated/α-hetero) is 1. The van der Waals surface area contributed by atoms with Crippen LogP contribution in [0.3, 0.4) is 0 Å². The number of phenols is 9. The van der Waals surface area contributed by atoms with Gasteiger partial charge in [0.15, 0.2) is 93.8 Å². The Morgan fingerprint density at radius 1 is 0.422 bits per heavy atom. The number of fused-ring (bicyclic) bond motifs is 5. The van der Waals surface area contributed by atoms with Gasteiger partial charge in [0.2, 0.25) is 17.0 Å². The number of aliphatic hydroxyl groups excluding tert-OH is 3. The van der Waals surface area contributed by atoms with E-state index in [2.05, 4.69) is 0 Å². The Morgan fingerprint density at radius 3 is 1.49 bits per heavy atom. The molecule has 462 valence electrons. The fraction of sp³-hybridized carbons (Fsp3) is 0.154. The second kappa shape index (κ2) is 24.2. The number of aromatic hydroxyl groups is 10. The van der Waals surface area contributed by atoms with Gasteiger partial charge in [0, 0.05) is 64.7 Å². The third kappa shape index (κ3) is 11.5. The van der Waals surface area contributed by atoms with Gasteiger partial charge in [0.05, 0.1) is 27.4 Å². The highest BCUT2D eigenvalue weighted by atomic mass is 16.6. The number of hydrogen-bond donors (Lipinski definition) is 13. The Bertz CT molecular complexity index is 4560. The molecule has 0 fully saturated rings. The summed E-state index contributed by atoms with van der Waals surface area (Å²) in [6.07, 6.45) is -5.82. The number of ketones is 1. The molecule has 13 N–H and O–H groups in total. The van der Waals surface area contributed by atoms with E-state index in [1.54, 1.807) is 54.6 Å². The van der Waals surface area contributed by atoms with Gasteiger partial charge < -0.3 is 108 Å². The summed E-state index contributed by atoms with van der Waals surface area (Å²) >= 11 is 0. The van der Waals surface area contributed by atoms with Gasteiger partial charge in [-0.2, -0.15) is 0 Å². The van der Waals surface area contributed by atoms with Crippen molar-refractivity contribution in [3.8, 4) is 120 Å². The molecule has 25 nitrogen and oxygen atoms in total. The molecule has 0 amide bonds. The third-order valence-corrected chi connectivity index (χ3v) is 14.7. The molecule has 90 heavy (non-hydrogen) atoms. The maximum atomic E-state index is 12.7. The number of hydrogen-bond acceptors (Lipinski definition) is 25. The van der Waals surface area contributed by atoms with Crippen molar-refractivity contribution in [3.63, 3.8) is 0 Å². The van der Waals surface area contributed by atoms with Crippen molar-refractivity contribution in [2.75, 3.05) is 27.4 Å². The summed E-state index contributed by atoms with van der Waals surface area (Å²) < 4.78 is 51.3. The Morgan fingerprint density at radius 2 is 0.911 bits per heavy atom. The van der Waals surface area contributed by atoms with Gasteiger partial charge in [0.1, 0.15) is 79.3 Å². The SMILES string of the molecule is COc1cc(C2Oc3cc(-c4oc5cc(O)cc(O)c5c(=O)c4O)ccc3OC2CO)ccc1O.COc1cc(C2Oc3cc(C4Oc5cc(O)cc(O)c5C(=O)C4O)ccc3OC2CO)ccc1O.O=c1cc(-c2ccc(O)cc2)oc2cc(O)cc(O)c12. The lowest BCUT2D eigenvalue weighted by Crippen LogP contribution is -2.37. The summed E-state index contributed by atoms with van der Waals surface area (Å²) in [7, 11) is 2.82. The highest BCUT2D eigenvalue weighted by Gasteiger charge is 2.41. The highest BCUT2D eigenvalue weighted by Crippen LogP contribution is 2.48. The van der Waals surface area contributed by atoms with Crippen LogP contribution in [0.15, 0.2) is 158 Å². The van der Waals surface area contributed by atoms with Gasteiger partial charge in [-0.15, -0.1) is 0 Å². The van der Waals surface area contributed by atoms with E-state index in [0.717, 1.165) is 24.3 Å². The zero-order valence-electron chi connectivity index (χ0n) is 46.9. The highest BCUT2D eigenvalue weighted by molar-refractivity contribution is 6.05. The Labute approximate surface area is 505 Å². The molecule has 5 heterocycles.